The first-order valence-corrected chi connectivity index (χ1v) is 8.73. The Bertz CT molecular complexity index is 526. The summed E-state index contributed by atoms with van der Waals surface area (Å²) in [4.78, 5) is 14.8. The molecule has 0 radical (unpaired) electrons. The van der Waals surface area contributed by atoms with Gasteiger partial charge in [-0.2, -0.15) is 5.10 Å². The van der Waals surface area contributed by atoms with E-state index in [0.29, 0.717) is 12.3 Å². The van der Waals surface area contributed by atoms with Gasteiger partial charge in [-0.15, -0.1) is 0 Å². The number of hydrogen-bond donors (Lipinski definition) is 0. The molecule has 0 saturated heterocycles. The summed E-state index contributed by atoms with van der Waals surface area (Å²) in [7, 11) is 4.07. The van der Waals surface area contributed by atoms with E-state index in [-0.39, 0.29) is 5.78 Å². The van der Waals surface area contributed by atoms with E-state index in [1.165, 1.54) is 25.7 Å². The van der Waals surface area contributed by atoms with Crippen molar-refractivity contribution >= 4 is 21.7 Å². The van der Waals surface area contributed by atoms with Crippen molar-refractivity contribution in [3.05, 3.63) is 16.4 Å². The number of fused-ring (bicyclic) bond motifs is 2. The summed E-state index contributed by atoms with van der Waals surface area (Å²) in [6, 6.07) is 0. The lowest BCUT2D eigenvalue weighted by atomic mass is 9.85. The topological polar surface area (TPSA) is 38.1 Å². The zero-order valence-electron chi connectivity index (χ0n) is 12.9. The van der Waals surface area contributed by atoms with Gasteiger partial charge in [-0.3, -0.25) is 9.48 Å². The van der Waals surface area contributed by atoms with Crippen LogP contribution in [0, 0.1) is 17.8 Å². The van der Waals surface area contributed by atoms with Gasteiger partial charge in [0.25, 0.3) is 0 Å². The van der Waals surface area contributed by atoms with Crippen molar-refractivity contribution in [1.29, 1.82) is 0 Å². The molecule has 2 bridgehead atoms. The van der Waals surface area contributed by atoms with Crippen LogP contribution >= 0.6 is 15.9 Å². The second-order valence-electron chi connectivity index (χ2n) is 6.93. The minimum absolute atomic E-state index is 0.260. The highest BCUT2D eigenvalue weighted by Crippen LogP contribution is 2.49. The molecule has 116 valence electrons. The predicted octanol–water partition coefficient (Wildman–Crippen LogP) is 3.22. The normalized spacial score (nSPS) is 27.7. The minimum atomic E-state index is 0.260. The second-order valence-corrected chi connectivity index (χ2v) is 7.78. The maximum Gasteiger partial charge on any atom is 0.182 e. The van der Waals surface area contributed by atoms with Crippen LogP contribution in [0.1, 0.15) is 42.6 Å². The van der Waals surface area contributed by atoms with Crippen LogP contribution in [-0.2, 0) is 6.54 Å². The van der Waals surface area contributed by atoms with Crippen LogP contribution in [0.25, 0.3) is 0 Å². The highest BCUT2D eigenvalue weighted by Gasteiger charge is 2.40. The van der Waals surface area contributed by atoms with E-state index in [9.17, 15) is 4.79 Å². The smallest absolute Gasteiger partial charge is 0.182 e. The summed E-state index contributed by atoms with van der Waals surface area (Å²) in [5.41, 5.74) is 0.764. The molecule has 2 aliphatic rings. The molecule has 1 aromatic heterocycles. The molecule has 0 aliphatic heterocycles. The van der Waals surface area contributed by atoms with Crippen molar-refractivity contribution < 1.29 is 4.79 Å². The number of Topliss-reactive ketones (excluding diaryl/α,β-unsaturated/α-hetero) is 1. The minimum Gasteiger partial charge on any atom is -0.308 e. The van der Waals surface area contributed by atoms with E-state index in [0.717, 1.165) is 35.1 Å². The second kappa shape index (κ2) is 6.21. The van der Waals surface area contributed by atoms with Gasteiger partial charge >= 0.3 is 0 Å². The summed E-state index contributed by atoms with van der Waals surface area (Å²) >= 11 is 3.50. The monoisotopic (exact) mass is 353 g/mol. The maximum absolute atomic E-state index is 12.7. The Morgan fingerprint density at radius 1 is 1.43 bits per heavy atom. The number of nitrogens with zero attached hydrogens (tertiary/aromatic N) is 3. The molecule has 2 saturated carbocycles. The molecule has 0 N–H and O–H groups in total. The number of halogens is 1. The Morgan fingerprint density at radius 3 is 2.86 bits per heavy atom. The molecule has 3 unspecified atom stereocenters. The van der Waals surface area contributed by atoms with Crippen LogP contribution in [0.3, 0.4) is 0 Å². The highest BCUT2D eigenvalue weighted by atomic mass is 79.9. The third kappa shape index (κ3) is 3.24. The average Bonchev–Trinajstić information content (AvgIpc) is 3.11. The first-order chi connectivity index (χ1) is 10.0. The van der Waals surface area contributed by atoms with E-state index < -0.39 is 0 Å². The van der Waals surface area contributed by atoms with Crippen LogP contribution in [0.2, 0.25) is 0 Å². The quantitative estimate of drug-likeness (QED) is 0.737. The van der Waals surface area contributed by atoms with E-state index in [2.05, 4.69) is 25.9 Å². The standard InChI is InChI=1S/C16H24BrN3O/c1-19(2)5-6-20-16(14(17)10-18-20)15(21)9-13-8-11-3-4-12(13)7-11/h10-13H,3-9H2,1-2H3. The lowest BCUT2D eigenvalue weighted by Crippen LogP contribution is -2.23. The molecule has 3 atom stereocenters. The Morgan fingerprint density at radius 2 is 2.24 bits per heavy atom. The van der Waals surface area contributed by atoms with Gasteiger partial charge in [-0.1, -0.05) is 6.42 Å². The third-order valence-electron chi connectivity index (χ3n) is 5.15. The van der Waals surface area contributed by atoms with Crippen LogP contribution in [0.4, 0.5) is 0 Å². The molecule has 2 aliphatic carbocycles. The van der Waals surface area contributed by atoms with Gasteiger partial charge in [-0.25, -0.2) is 0 Å². The largest absolute Gasteiger partial charge is 0.308 e. The number of ketones is 1. The number of rotatable bonds is 6. The molecular weight excluding hydrogens is 330 g/mol. The number of hydrogen-bond acceptors (Lipinski definition) is 3. The Hall–Kier alpha value is -0.680. The lowest BCUT2D eigenvalue weighted by molar-refractivity contribution is 0.0932. The molecule has 4 nitrogen and oxygen atoms in total. The number of likely N-dealkylation sites (N-methyl/N-ethyl adjacent to an activating group) is 1. The molecule has 2 fully saturated rings. The molecule has 1 aromatic rings. The van der Waals surface area contributed by atoms with E-state index in [1.54, 1.807) is 6.20 Å². The highest BCUT2D eigenvalue weighted by molar-refractivity contribution is 9.10. The number of carbonyl (C=O) groups is 1. The fraction of sp³-hybridized carbons (Fsp3) is 0.750. The van der Waals surface area contributed by atoms with Crippen LogP contribution in [0.15, 0.2) is 10.7 Å². The van der Waals surface area contributed by atoms with E-state index in [4.69, 9.17) is 0 Å². The average molecular weight is 354 g/mol. The molecule has 0 amide bonds. The molecular formula is C16H24BrN3O. The zero-order chi connectivity index (χ0) is 15.0. The van der Waals surface area contributed by atoms with Gasteiger partial charge in [0.05, 0.1) is 17.2 Å². The van der Waals surface area contributed by atoms with Crippen molar-refractivity contribution in [2.75, 3.05) is 20.6 Å². The van der Waals surface area contributed by atoms with Crippen LogP contribution in [0.5, 0.6) is 0 Å². The SMILES string of the molecule is CN(C)CCn1ncc(Br)c1C(=O)CC1CC2CCC1C2. The summed E-state index contributed by atoms with van der Waals surface area (Å²) in [6.45, 7) is 1.65. The molecule has 0 aromatic carbocycles. The van der Waals surface area contributed by atoms with Gasteiger partial charge < -0.3 is 4.90 Å². The van der Waals surface area contributed by atoms with Crippen molar-refractivity contribution in [2.24, 2.45) is 17.8 Å². The van der Waals surface area contributed by atoms with Crippen LogP contribution < -0.4 is 0 Å². The van der Waals surface area contributed by atoms with Gasteiger partial charge in [0, 0.05) is 13.0 Å². The summed E-state index contributed by atoms with van der Waals surface area (Å²) in [5, 5.41) is 4.35. The lowest BCUT2D eigenvalue weighted by Gasteiger charge is -2.21. The number of aromatic nitrogens is 2. The third-order valence-corrected chi connectivity index (χ3v) is 5.73. The van der Waals surface area contributed by atoms with E-state index in [1.807, 2.05) is 18.8 Å². The molecule has 1 heterocycles. The van der Waals surface area contributed by atoms with Gasteiger partial charge in [0.15, 0.2) is 5.78 Å². The fourth-order valence-electron chi connectivity index (χ4n) is 4.07. The fourth-order valence-corrected chi connectivity index (χ4v) is 4.58. The van der Waals surface area contributed by atoms with Gasteiger partial charge in [-0.05, 0) is 67.0 Å². The molecule has 0 spiro atoms. The van der Waals surface area contributed by atoms with Gasteiger partial charge in [0.1, 0.15) is 5.69 Å². The van der Waals surface area contributed by atoms with Gasteiger partial charge in [0.2, 0.25) is 0 Å². The Labute approximate surface area is 135 Å². The Balaban J connectivity index is 1.67. The molecule has 3 rings (SSSR count). The first kappa shape index (κ1) is 15.2. The summed E-state index contributed by atoms with van der Waals surface area (Å²) < 4.78 is 2.70. The van der Waals surface area contributed by atoms with Crippen molar-refractivity contribution in [3.63, 3.8) is 0 Å². The van der Waals surface area contributed by atoms with Crippen molar-refractivity contribution in [1.82, 2.24) is 14.7 Å². The Kier molecular flexibility index (Phi) is 4.50. The summed E-state index contributed by atoms with van der Waals surface area (Å²) in [6.07, 6.45) is 7.81. The van der Waals surface area contributed by atoms with E-state index >= 15 is 0 Å². The van der Waals surface area contributed by atoms with Crippen molar-refractivity contribution in [2.45, 2.75) is 38.6 Å². The first-order valence-electron chi connectivity index (χ1n) is 7.94. The number of carbonyl (C=O) groups excluding carboxylic acids is 1. The van der Waals surface area contributed by atoms with Crippen molar-refractivity contribution in [3.8, 4) is 0 Å². The predicted molar refractivity (Wildman–Crippen MR) is 86.4 cm³/mol. The molecule has 21 heavy (non-hydrogen) atoms. The summed E-state index contributed by atoms with van der Waals surface area (Å²) in [5.74, 6) is 2.57. The van der Waals surface area contributed by atoms with Crippen LogP contribution in [-0.4, -0.2) is 41.1 Å². The maximum atomic E-state index is 12.7. The molecule has 5 heteroatoms. The zero-order valence-corrected chi connectivity index (χ0v) is 14.5.